The Hall–Kier alpha value is -6.20. The number of hydrogen-bond acceptors (Lipinski definition) is 10. The molecule has 4 fully saturated rings. The summed E-state index contributed by atoms with van der Waals surface area (Å²) in [6.45, 7) is 8.26. The van der Waals surface area contributed by atoms with Crippen molar-refractivity contribution in [2.75, 3.05) is 79.5 Å². The Bertz CT molecular complexity index is 2450. The largest absolute Gasteiger partial charge is 0.343 e. The van der Waals surface area contributed by atoms with Gasteiger partial charge in [0.15, 0.2) is 0 Å². The third-order valence-electron chi connectivity index (χ3n) is 17.1. The van der Waals surface area contributed by atoms with Gasteiger partial charge in [-0.1, -0.05) is 111 Å². The van der Waals surface area contributed by atoms with Crippen molar-refractivity contribution in [3.05, 3.63) is 119 Å². The minimum atomic E-state index is -0.643. The predicted molar refractivity (Wildman–Crippen MR) is 307 cm³/mol. The molecule has 2 saturated carbocycles. The number of fused-ring (bicyclic) bond motifs is 1. The van der Waals surface area contributed by atoms with Gasteiger partial charge in [0.25, 0.3) is 11.8 Å². The Kier molecular flexibility index (Phi) is 21.3. The zero-order valence-corrected chi connectivity index (χ0v) is 46.7. The summed E-state index contributed by atoms with van der Waals surface area (Å²) in [6.07, 6.45) is 11.1. The van der Waals surface area contributed by atoms with Gasteiger partial charge in [-0.3, -0.25) is 28.8 Å². The Morgan fingerprint density at radius 3 is 1.29 bits per heavy atom. The molecule has 4 aliphatic rings. The first-order valence-electron chi connectivity index (χ1n) is 29.1. The van der Waals surface area contributed by atoms with E-state index in [-0.39, 0.29) is 59.4 Å². The van der Waals surface area contributed by atoms with Gasteiger partial charge in [0.1, 0.15) is 12.1 Å². The summed E-state index contributed by atoms with van der Waals surface area (Å²) in [4.78, 5) is 93.8. The number of hydrogen-bond donors (Lipinski definition) is 6. The van der Waals surface area contributed by atoms with E-state index in [0.717, 1.165) is 86.1 Å². The molecule has 2 aliphatic carbocycles. The number of rotatable bonds is 22. The number of nitrogens with one attached hydrogen (secondary N) is 6. The van der Waals surface area contributed by atoms with Crippen LogP contribution in [0.25, 0.3) is 10.8 Å². The maximum Gasteiger partial charge on any atom is 0.253 e. The minimum absolute atomic E-state index is 0.0459. The molecule has 0 aromatic heterocycles. The zero-order valence-electron chi connectivity index (χ0n) is 46.7. The highest BCUT2D eigenvalue weighted by molar-refractivity contribution is 6.02. The lowest BCUT2D eigenvalue weighted by molar-refractivity contribution is -0.142. The maximum atomic E-state index is 15.0. The van der Waals surface area contributed by atoms with Crippen molar-refractivity contribution in [2.45, 2.75) is 127 Å². The number of piperazine rings is 2. The standard InChI is InChI=1S/C62H86N10O6/c1-43(63-3)57(73)67-55(47-21-13-7-14-22-47)61(77)71-35-31-65-39-53(71)41-69(33-29-45-17-9-5-10-18-45)59(75)51-27-25-50-38-52(28-26-49(50)37-51)60(76)70(34-30-46-19-11-6-12-20-46)42-54-40-66-32-36-72(54)62(78)56(48-23-15-8-16-24-48)68-58(74)44(2)64-4/h5-6,9-12,17-20,25-28,37-38,43-44,47-48,53-56,63-66H,7-8,13-16,21-24,29-36,39-42H2,1-4H3,(H,67,73)(H,68,74)/t43-,44-,53-,54-,55-,56-/m0/s1. The molecule has 8 rings (SSSR count). The number of carbonyl (C=O) groups excluding carboxylic acids is 6. The molecule has 0 radical (unpaired) electrons. The minimum Gasteiger partial charge on any atom is -0.343 e. The van der Waals surface area contributed by atoms with Crippen molar-refractivity contribution < 1.29 is 28.8 Å². The molecule has 16 nitrogen and oxygen atoms in total. The number of likely N-dealkylation sites (N-methyl/N-ethyl adjacent to an activating group) is 2. The third kappa shape index (κ3) is 15.1. The highest BCUT2D eigenvalue weighted by atomic mass is 16.2. The topological polar surface area (TPSA) is 188 Å². The lowest BCUT2D eigenvalue weighted by atomic mass is 9.83. The van der Waals surface area contributed by atoms with Crippen molar-refractivity contribution >= 4 is 46.2 Å². The van der Waals surface area contributed by atoms with Crippen molar-refractivity contribution in [3.63, 3.8) is 0 Å². The normalized spacial score (nSPS) is 20.0. The van der Waals surface area contributed by atoms with Gasteiger partial charge in [0.2, 0.25) is 23.6 Å². The summed E-state index contributed by atoms with van der Waals surface area (Å²) in [5.74, 6) is -0.769. The smallest absolute Gasteiger partial charge is 0.253 e. The summed E-state index contributed by atoms with van der Waals surface area (Å²) in [5, 5.41) is 20.9. The number of amides is 6. The fourth-order valence-electron chi connectivity index (χ4n) is 12.1. The van der Waals surface area contributed by atoms with Crippen LogP contribution >= 0.6 is 0 Å². The van der Waals surface area contributed by atoms with E-state index in [2.05, 4.69) is 56.2 Å². The van der Waals surface area contributed by atoms with E-state index in [1.54, 1.807) is 27.9 Å². The van der Waals surface area contributed by atoms with Crippen LogP contribution < -0.4 is 31.9 Å². The molecule has 2 saturated heterocycles. The van der Waals surface area contributed by atoms with E-state index in [0.29, 0.717) is 89.4 Å². The van der Waals surface area contributed by atoms with Gasteiger partial charge in [-0.2, -0.15) is 0 Å². The Morgan fingerprint density at radius 2 is 0.923 bits per heavy atom. The molecule has 6 N–H and O–H groups in total. The van der Waals surface area contributed by atoms with Crippen molar-refractivity contribution in [2.24, 2.45) is 11.8 Å². The molecule has 420 valence electrons. The van der Waals surface area contributed by atoms with Gasteiger partial charge in [-0.05, 0) is 124 Å². The zero-order chi connectivity index (χ0) is 55.0. The molecule has 6 atom stereocenters. The molecular formula is C62H86N10O6. The van der Waals surface area contributed by atoms with Crippen LogP contribution in [0.2, 0.25) is 0 Å². The molecule has 6 amide bonds. The predicted octanol–water partition coefficient (Wildman–Crippen LogP) is 5.16. The van der Waals surface area contributed by atoms with Gasteiger partial charge >= 0.3 is 0 Å². The van der Waals surface area contributed by atoms with Gasteiger partial charge in [-0.25, -0.2) is 0 Å². The lowest BCUT2D eigenvalue weighted by Gasteiger charge is -2.42. The van der Waals surface area contributed by atoms with Crippen LogP contribution in [0.15, 0.2) is 97.1 Å². The van der Waals surface area contributed by atoms with Crippen LogP contribution in [-0.2, 0) is 32.0 Å². The number of carbonyl (C=O) groups is 6. The van der Waals surface area contributed by atoms with E-state index < -0.39 is 24.2 Å². The molecule has 78 heavy (non-hydrogen) atoms. The highest BCUT2D eigenvalue weighted by Gasteiger charge is 2.41. The van der Waals surface area contributed by atoms with Gasteiger partial charge in [0, 0.05) is 76.6 Å². The van der Waals surface area contributed by atoms with Gasteiger partial charge in [-0.15, -0.1) is 0 Å². The summed E-state index contributed by atoms with van der Waals surface area (Å²) in [7, 11) is 3.49. The monoisotopic (exact) mass is 1070 g/mol. The number of nitrogens with zero attached hydrogens (tertiary/aromatic N) is 4. The molecule has 0 spiro atoms. The molecule has 16 heteroatoms. The molecule has 0 unspecified atom stereocenters. The first kappa shape index (κ1) is 58.0. The summed E-state index contributed by atoms with van der Waals surface area (Å²) in [6, 6.07) is 28.6. The van der Waals surface area contributed by atoms with E-state index in [4.69, 9.17) is 0 Å². The fourth-order valence-corrected chi connectivity index (χ4v) is 12.1. The molecule has 4 aromatic rings. The Balaban J connectivity index is 1.03. The van der Waals surface area contributed by atoms with Crippen LogP contribution in [-0.4, -0.2) is 171 Å². The molecule has 4 aromatic carbocycles. The second kappa shape index (κ2) is 28.6. The average molecular weight is 1070 g/mol. The van der Waals surface area contributed by atoms with E-state index >= 15 is 0 Å². The van der Waals surface area contributed by atoms with Crippen LogP contribution in [0.1, 0.15) is 110 Å². The first-order valence-corrected chi connectivity index (χ1v) is 29.1. The lowest BCUT2D eigenvalue weighted by Crippen LogP contribution is -2.63. The van der Waals surface area contributed by atoms with Crippen LogP contribution in [0.4, 0.5) is 0 Å². The van der Waals surface area contributed by atoms with Gasteiger partial charge in [0.05, 0.1) is 24.2 Å². The Labute approximate surface area is 462 Å². The van der Waals surface area contributed by atoms with E-state index in [1.807, 2.05) is 92.4 Å². The van der Waals surface area contributed by atoms with Crippen LogP contribution in [0, 0.1) is 11.8 Å². The quantitative estimate of drug-likeness (QED) is 0.0615. The van der Waals surface area contributed by atoms with Crippen molar-refractivity contribution in [1.82, 2.24) is 51.5 Å². The summed E-state index contributed by atoms with van der Waals surface area (Å²) in [5.41, 5.74) is 3.21. The molecule has 2 heterocycles. The maximum absolute atomic E-state index is 15.0. The van der Waals surface area contributed by atoms with Gasteiger partial charge < -0.3 is 51.5 Å². The number of benzene rings is 4. The van der Waals surface area contributed by atoms with Crippen molar-refractivity contribution in [1.29, 1.82) is 0 Å². The summed E-state index contributed by atoms with van der Waals surface area (Å²) >= 11 is 0. The highest BCUT2D eigenvalue weighted by Crippen LogP contribution is 2.30. The fraction of sp³-hybridized carbons (Fsp3) is 0.548. The second-order valence-electron chi connectivity index (χ2n) is 22.3. The first-order chi connectivity index (χ1) is 37.9. The summed E-state index contributed by atoms with van der Waals surface area (Å²) < 4.78 is 0. The van der Waals surface area contributed by atoms with E-state index in [1.165, 1.54) is 0 Å². The molecular weight excluding hydrogens is 981 g/mol. The third-order valence-corrected chi connectivity index (χ3v) is 17.1. The van der Waals surface area contributed by atoms with Crippen LogP contribution in [0.5, 0.6) is 0 Å². The molecule has 2 aliphatic heterocycles. The average Bonchev–Trinajstić information content (AvgIpc) is 3.52. The van der Waals surface area contributed by atoms with Crippen molar-refractivity contribution in [3.8, 4) is 0 Å². The van der Waals surface area contributed by atoms with E-state index in [9.17, 15) is 28.8 Å². The van der Waals surface area contributed by atoms with Crippen LogP contribution in [0.3, 0.4) is 0 Å². The SMILES string of the molecule is CN[C@@H](C)C(=O)N[C@H](C(=O)N1CCNC[C@H]1CN(CCc1ccccc1)C(=O)c1ccc2cc(C(=O)N(CCc3ccccc3)C[C@@H]3CNCCN3C(=O)[C@@H](NC(=O)[C@H](C)NC)C3CCCCC3)ccc2c1)C1CCCCC1. The Morgan fingerprint density at radius 1 is 0.538 bits per heavy atom. The molecule has 0 bridgehead atoms. The second-order valence-corrected chi connectivity index (χ2v) is 22.3.